The third kappa shape index (κ3) is 3.45. The van der Waals surface area contributed by atoms with Crippen LogP contribution in [0.15, 0.2) is 59.5 Å². The Morgan fingerprint density at radius 2 is 1.17 bits per heavy atom. The molecule has 0 saturated heterocycles. The van der Waals surface area contributed by atoms with E-state index in [2.05, 4.69) is 92.6 Å². The Bertz CT molecular complexity index is 816. The summed E-state index contributed by atoms with van der Waals surface area (Å²) in [5, 5.41) is 0. The molecule has 0 aliphatic heterocycles. The number of hydrogen-bond donors (Lipinski definition) is 1. The molecule has 24 heavy (non-hydrogen) atoms. The molecular weight excluding hydrogens is 332 g/mol. The highest BCUT2D eigenvalue weighted by molar-refractivity contribution is 7.80. The predicted octanol–water partition coefficient (Wildman–Crippen LogP) is 5.50. The van der Waals surface area contributed by atoms with E-state index in [0.717, 1.165) is 4.90 Å². The zero-order chi connectivity index (χ0) is 17.3. The highest BCUT2D eigenvalue weighted by Crippen LogP contribution is 2.40. The number of rotatable bonds is 4. The van der Waals surface area contributed by atoms with Crippen molar-refractivity contribution in [2.24, 2.45) is 0 Å². The van der Waals surface area contributed by atoms with Gasteiger partial charge in [0.15, 0.2) is 0 Å². The maximum absolute atomic E-state index is 4.69. The van der Waals surface area contributed by atoms with Crippen LogP contribution in [0.4, 0.5) is 11.4 Å². The van der Waals surface area contributed by atoms with Gasteiger partial charge >= 0.3 is 0 Å². The van der Waals surface area contributed by atoms with Crippen molar-refractivity contribution >= 4 is 35.3 Å². The van der Waals surface area contributed by atoms with Gasteiger partial charge in [-0.05, 0) is 41.5 Å². The molecule has 3 aromatic rings. The minimum absolute atomic E-state index is 1.03. The molecule has 0 saturated carbocycles. The van der Waals surface area contributed by atoms with E-state index in [1.165, 1.54) is 32.3 Å². The Hall–Kier alpha value is -1.91. The Labute approximate surface area is 153 Å². The molecule has 4 heteroatoms. The van der Waals surface area contributed by atoms with Crippen molar-refractivity contribution in [3.63, 3.8) is 0 Å². The maximum atomic E-state index is 4.69. The molecule has 1 aromatic heterocycles. The Morgan fingerprint density at radius 3 is 1.62 bits per heavy atom. The van der Waals surface area contributed by atoms with Gasteiger partial charge in [0.1, 0.15) is 0 Å². The van der Waals surface area contributed by atoms with E-state index in [9.17, 15) is 0 Å². The number of thiol groups is 1. The lowest BCUT2D eigenvalue weighted by Gasteiger charge is -2.12. The van der Waals surface area contributed by atoms with Gasteiger partial charge in [-0.3, -0.25) is 0 Å². The number of thiophene rings is 1. The Kier molecular flexibility index (Phi) is 4.88. The van der Waals surface area contributed by atoms with E-state index in [4.69, 9.17) is 12.6 Å². The maximum Gasteiger partial charge on any atom is 0.0482 e. The molecule has 0 amide bonds. The lowest BCUT2D eigenvalue weighted by molar-refractivity contribution is 1.13. The molecule has 0 N–H and O–H groups in total. The fourth-order valence-corrected chi connectivity index (χ4v) is 4.12. The standard InChI is InChI=1S/C20H22N2S2/c1-21(2)16-9-5-14(6-10-16)19-13-18(23)20(24-19)15-7-11-17(12-8-15)22(3)4/h5-13,23H,1-4H3. The van der Waals surface area contributed by atoms with Crippen LogP contribution >= 0.6 is 24.0 Å². The normalized spacial score (nSPS) is 10.7. The van der Waals surface area contributed by atoms with Crippen LogP contribution in [0.5, 0.6) is 0 Å². The average Bonchev–Trinajstić information content (AvgIpc) is 2.97. The van der Waals surface area contributed by atoms with E-state index < -0.39 is 0 Å². The van der Waals surface area contributed by atoms with Gasteiger partial charge in [-0.25, -0.2) is 0 Å². The first-order valence-corrected chi connectivity index (χ1v) is 9.10. The molecular formula is C20H22N2S2. The van der Waals surface area contributed by atoms with Crippen molar-refractivity contribution in [2.45, 2.75) is 4.90 Å². The molecule has 0 atom stereocenters. The highest BCUT2D eigenvalue weighted by Gasteiger charge is 2.11. The SMILES string of the molecule is CN(C)c1ccc(-c2cc(S)c(-c3ccc(N(C)C)cc3)s2)cc1. The fourth-order valence-electron chi connectivity index (χ4n) is 2.57. The van der Waals surface area contributed by atoms with E-state index >= 15 is 0 Å². The van der Waals surface area contributed by atoms with Crippen LogP contribution in [0, 0.1) is 0 Å². The largest absolute Gasteiger partial charge is 0.378 e. The smallest absolute Gasteiger partial charge is 0.0482 e. The number of anilines is 2. The molecule has 2 aromatic carbocycles. The molecule has 0 aliphatic rings. The van der Waals surface area contributed by atoms with Crippen LogP contribution in [0.2, 0.25) is 0 Å². The Morgan fingerprint density at radius 1 is 0.708 bits per heavy atom. The van der Waals surface area contributed by atoms with Crippen molar-refractivity contribution < 1.29 is 0 Å². The molecule has 0 bridgehead atoms. The first-order chi connectivity index (χ1) is 11.5. The highest BCUT2D eigenvalue weighted by atomic mass is 32.1. The second kappa shape index (κ2) is 6.91. The van der Waals surface area contributed by atoms with Gasteiger partial charge in [0.25, 0.3) is 0 Å². The summed E-state index contributed by atoms with van der Waals surface area (Å²) in [6.07, 6.45) is 0. The van der Waals surface area contributed by atoms with Crippen molar-refractivity contribution in [2.75, 3.05) is 38.0 Å². The molecule has 124 valence electrons. The molecule has 1 heterocycles. The van der Waals surface area contributed by atoms with Gasteiger partial charge in [0.05, 0.1) is 0 Å². The Balaban J connectivity index is 1.92. The third-order valence-electron chi connectivity index (χ3n) is 4.03. The minimum Gasteiger partial charge on any atom is -0.378 e. The van der Waals surface area contributed by atoms with Crippen molar-refractivity contribution in [3.8, 4) is 20.9 Å². The molecule has 2 nitrogen and oxygen atoms in total. The zero-order valence-electron chi connectivity index (χ0n) is 14.4. The van der Waals surface area contributed by atoms with Gasteiger partial charge < -0.3 is 9.80 Å². The molecule has 3 rings (SSSR count). The summed E-state index contributed by atoms with van der Waals surface area (Å²) in [6.45, 7) is 0. The van der Waals surface area contributed by atoms with Gasteiger partial charge in [-0.1, -0.05) is 24.3 Å². The summed E-state index contributed by atoms with van der Waals surface area (Å²) < 4.78 is 0. The second-order valence-electron chi connectivity index (χ2n) is 6.21. The number of nitrogens with zero attached hydrogens (tertiary/aromatic N) is 2. The summed E-state index contributed by atoms with van der Waals surface area (Å²) >= 11 is 6.48. The van der Waals surface area contributed by atoms with E-state index in [1.54, 1.807) is 11.3 Å². The second-order valence-corrected chi connectivity index (χ2v) is 7.74. The summed E-state index contributed by atoms with van der Waals surface area (Å²) in [4.78, 5) is 7.72. The molecule has 0 fully saturated rings. The lowest BCUT2D eigenvalue weighted by Crippen LogP contribution is -2.07. The number of hydrogen-bond acceptors (Lipinski definition) is 4. The van der Waals surface area contributed by atoms with Crippen LogP contribution in [0.25, 0.3) is 20.9 Å². The minimum atomic E-state index is 1.03. The number of benzene rings is 2. The van der Waals surface area contributed by atoms with E-state index in [-0.39, 0.29) is 0 Å². The topological polar surface area (TPSA) is 6.48 Å². The van der Waals surface area contributed by atoms with Crippen molar-refractivity contribution in [1.29, 1.82) is 0 Å². The van der Waals surface area contributed by atoms with E-state index in [1.807, 2.05) is 0 Å². The van der Waals surface area contributed by atoms with Crippen LogP contribution in [0.1, 0.15) is 0 Å². The van der Waals surface area contributed by atoms with Crippen LogP contribution < -0.4 is 9.80 Å². The summed E-state index contributed by atoms with van der Waals surface area (Å²) in [6, 6.07) is 19.4. The quantitative estimate of drug-likeness (QED) is 0.618. The summed E-state index contributed by atoms with van der Waals surface area (Å²) in [5.41, 5.74) is 4.86. The first-order valence-electron chi connectivity index (χ1n) is 7.84. The third-order valence-corrected chi connectivity index (χ3v) is 5.76. The van der Waals surface area contributed by atoms with E-state index in [0.29, 0.717) is 0 Å². The van der Waals surface area contributed by atoms with Crippen molar-refractivity contribution in [3.05, 3.63) is 54.6 Å². The van der Waals surface area contributed by atoms with Crippen LogP contribution in [-0.4, -0.2) is 28.2 Å². The first kappa shape index (κ1) is 16.9. The van der Waals surface area contributed by atoms with Gasteiger partial charge in [0.2, 0.25) is 0 Å². The van der Waals surface area contributed by atoms with Crippen molar-refractivity contribution in [1.82, 2.24) is 0 Å². The van der Waals surface area contributed by atoms with Gasteiger partial charge in [-0.2, -0.15) is 0 Å². The average molecular weight is 355 g/mol. The predicted molar refractivity (Wildman–Crippen MR) is 111 cm³/mol. The fraction of sp³-hybridized carbons (Fsp3) is 0.200. The molecule has 0 radical (unpaired) electrons. The monoisotopic (exact) mass is 354 g/mol. The summed E-state index contributed by atoms with van der Waals surface area (Å²) in [5.74, 6) is 0. The lowest BCUT2D eigenvalue weighted by atomic mass is 10.1. The molecule has 0 spiro atoms. The molecule has 0 unspecified atom stereocenters. The van der Waals surface area contributed by atoms with Gasteiger partial charge in [-0.15, -0.1) is 24.0 Å². The summed E-state index contributed by atoms with van der Waals surface area (Å²) in [7, 11) is 8.22. The zero-order valence-corrected chi connectivity index (χ0v) is 16.2. The van der Waals surface area contributed by atoms with Crippen LogP contribution in [0.3, 0.4) is 0 Å². The molecule has 0 aliphatic carbocycles. The van der Waals surface area contributed by atoms with Gasteiger partial charge in [0, 0.05) is 54.2 Å². The van der Waals surface area contributed by atoms with Crippen LogP contribution in [-0.2, 0) is 0 Å².